The summed E-state index contributed by atoms with van der Waals surface area (Å²) in [7, 11) is 0. The number of hydrogen-bond donors (Lipinski definition) is 0. The monoisotopic (exact) mass is 115 g/mol. The molecule has 0 amide bonds. The Balaban J connectivity index is 2.41. The highest BCUT2D eigenvalue weighted by molar-refractivity contribution is 4.74. The molecule has 0 aromatic carbocycles. The molecule has 0 bridgehead atoms. The third-order valence-electron chi connectivity index (χ3n) is 1.94. The Bertz CT molecular complexity index is 104. The lowest BCUT2D eigenvalue weighted by Gasteiger charge is -2.04. The van der Waals surface area contributed by atoms with Gasteiger partial charge in [0.05, 0.1) is 0 Å². The maximum atomic E-state index is 7.25. The van der Waals surface area contributed by atoms with Crippen molar-refractivity contribution in [1.82, 2.24) is 0 Å². The van der Waals surface area contributed by atoms with Crippen molar-refractivity contribution in [2.75, 3.05) is 0 Å². The van der Waals surface area contributed by atoms with Crippen molar-refractivity contribution in [3.63, 3.8) is 0 Å². The predicted octanol–water partition coefficient (Wildman–Crippen LogP) is 2.69. The van der Waals surface area contributed by atoms with Crippen LogP contribution in [0, 0.1) is 17.8 Å². The molecular formula is C8H16. The normalized spacial score (nSPS) is 45.8. The zero-order valence-electron chi connectivity index (χ0n) is 8.27. The van der Waals surface area contributed by atoms with Crippen LogP contribution in [-0.2, 0) is 0 Å². The summed E-state index contributed by atoms with van der Waals surface area (Å²) in [4.78, 5) is 0. The molecule has 0 N–H and O–H groups in total. The second kappa shape index (κ2) is 2.08. The molecule has 0 aromatic rings. The van der Waals surface area contributed by atoms with E-state index >= 15 is 0 Å². The van der Waals surface area contributed by atoms with Gasteiger partial charge in [-0.25, -0.2) is 0 Å². The largest absolute Gasteiger partial charge is 0.0625 e. The van der Waals surface area contributed by atoms with Crippen molar-refractivity contribution in [2.24, 2.45) is 17.8 Å². The molecule has 2 atom stereocenters. The number of rotatable bonds is 0. The third-order valence-corrected chi connectivity index (χ3v) is 1.94. The van der Waals surface area contributed by atoms with Gasteiger partial charge < -0.3 is 0 Å². The van der Waals surface area contributed by atoms with Crippen LogP contribution in [0.1, 0.15) is 37.7 Å². The minimum atomic E-state index is 0.419. The minimum Gasteiger partial charge on any atom is -0.0625 e. The highest BCUT2D eigenvalue weighted by Crippen LogP contribution is 2.34. The standard InChI is InChI=1S/C8H16/c1-6-4-7(2)8(3)5-6/h6-8H,4-5H2,1-3H3/t7-,8-/m1/s1/i1D,2D,3D. The molecule has 0 unspecified atom stereocenters. The zero-order chi connectivity index (χ0) is 8.27. The Morgan fingerprint density at radius 1 is 1.12 bits per heavy atom. The van der Waals surface area contributed by atoms with E-state index in [2.05, 4.69) is 0 Å². The van der Waals surface area contributed by atoms with Gasteiger partial charge in [-0.15, -0.1) is 0 Å². The fraction of sp³-hybridized carbons (Fsp3) is 1.00. The first kappa shape index (κ1) is 3.24. The lowest BCUT2D eigenvalue weighted by Crippen LogP contribution is -1.95. The van der Waals surface area contributed by atoms with Crippen LogP contribution < -0.4 is 0 Å². The Morgan fingerprint density at radius 3 is 2.12 bits per heavy atom. The van der Waals surface area contributed by atoms with Crippen LogP contribution in [0.5, 0.6) is 0 Å². The summed E-state index contributed by atoms with van der Waals surface area (Å²) in [6.07, 6.45) is 2.05. The van der Waals surface area contributed by atoms with Gasteiger partial charge in [-0.2, -0.15) is 0 Å². The van der Waals surface area contributed by atoms with Crippen molar-refractivity contribution < 1.29 is 4.11 Å². The van der Waals surface area contributed by atoms with Crippen LogP contribution in [0.15, 0.2) is 0 Å². The van der Waals surface area contributed by atoms with Gasteiger partial charge in [0.25, 0.3) is 0 Å². The second-order valence-electron chi connectivity index (χ2n) is 2.86. The lowest BCUT2D eigenvalue weighted by atomic mass is 10.0. The van der Waals surface area contributed by atoms with Gasteiger partial charge in [-0.1, -0.05) is 20.7 Å². The van der Waals surface area contributed by atoms with Crippen LogP contribution in [0.4, 0.5) is 0 Å². The van der Waals surface area contributed by atoms with E-state index in [9.17, 15) is 0 Å². The highest BCUT2D eigenvalue weighted by Gasteiger charge is 2.24. The van der Waals surface area contributed by atoms with Crippen LogP contribution >= 0.6 is 0 Å². The third kappa shape index (κ3) is 1.04. The molecule has 0 aliphatic heterocycles. The van der Waals surface area contributed by atoms with Crippen molar-refractivity contribution in [2.45, 2.75) is 33.5 Å². The van der Waals surface area contributed by atoms with Gasteiger partial charge in [0.1, 0.15) is 0 Å². The van der Waals surface area contributed by atoms with Crippen molar-refractivity contribution in [1.29, 1.82) is 0 Å². The van der Waals surface area contributed by atoms with Crippen molar-refractivity contribution in [3.8, 4) is 0 Å². The summed E-state index contributed by atoms with van der Waals surface area (Å²) in [5, 5.41) is 0. The molecule has 0 radical (unpaired) electrons. The summed E-state index contributed by atoms with van der Waals surface area (Å²) in [6.45, 7) is 1.41. The topological polar surface area (TPSA) is 0 Å². The first-order chi connectivity index (χ1) is 5.31. The molecule has 1 fully saturated rings. The van der Waals surface area contributed by atoms with Gasteiger partial charge in [0, 0.05) is 4.11 Å². The molecule has 1 aliphatic rings. The van der Waals surface area contributed by atoms with Gasteiger partial charge in [-0.3, -0.25) is 0 Å². The smallest absolute Gasteiger partial charge is 0.0233 e. The van der Waals surface area contributed by atoms with E-state index in [1.54, 1.807) is 0 Å². The van der Waals surface area contributed by atoms with Gasteiger partial charge >= 0.3 is 0 Å². The fourth-order valence-corrected chi connectivity index (χ4v) is 1.34. The van der Waals surface area contributed by atoms with Crippen LogP contribution in [0.2, 0.25) is 0 Å². The molecule has 0 spiro atoms. The van der Waals surface area contributed by atoms with E-state index in [0.717, 1.165) is 12.8 Å². The molecule has 0 heteroatoms. The van der Waals surface area contributed by atoms with Crippen LogP contribution in [0.3, 0.4) is 0 Å². The van der Waals surface area contributed by atoms with Gasteiger partial charge in [0.15, 0.2) is 0 Å². The average molecular weight is 115 g/mol. The summed E-state index contributed by atoms with van der Waals surface area (Å²) in [5.41, 5.74) is 0. The molecule has 1 aliphatic carbocycles. The molecule has 8 heavy (non-hydrogen) atoms. The van der Waals surface area contributed by atoms with Crippen LogP contribution in [-0.4, -0.2) is 0 Å². The predicted molar refractivity (Wildman–Crippen MR) is 36.7 cm³/mol. The number of hydrogen-bond acceptors (Lipinski definition) is 0. The Morgan fingerprint density at radius 2 is 1.75 bits per heavy atom. The molecule has 48 valence electrons. The van der Waals surface area contributed by atoms with E-state index in [1.807, 2.05) is 0 Å². The van der Waals surface area contributed by atoms with E-state index < -0.39 is 0 Å². The fourth-order valence-electron chi connectivity index (χ4n) is 1.34. The second-order valence-corrected chi connectivity index (χ2v) is 2.86. The molecule has 0 saturated heterocycles. The highest BCUT2D eigenvalue weighted by atomic mass is 14.3. The van der Waals surface area contributed by atoms with E-state index in [4.69, 9.17) is 4.11 Å². The summed E-state index contributed by atoms with van der Waals surface area (Å²) < 4.78 is 21.7. The Labute approximate surface area is 56.5 Å². The van der Waals surface area contributed by atoms with E-state index in [1.165, 1.54) is 0 Å². The van der Waals surface area contributed by atoms with Crippen LogP contribution in [0.25, 0.3) is 0 Å². The SMILES string of the molecule is [2H]CC1C[C@@H](C[2H])[C@H](C[2H])C1. The zero-order valence-corrected chi connectivity index (χ0v) is 5.27. The molecule has 0 aromatic heterocycles. The Kier molecular flexibility index (Phi) is 0.843. The average Bonchev–Trinajstić information content (AvgIpc) is 2.46. The van der Waals surface area contributed by atoms with Gasteiger partial charge in [0.2, 0.25) is 0 Å². The molecule has 0 heterocycles. The quantitative estimate of drug-likeness (QED) is 0.455. The first-order valence-corrected chi connectivity index (χ1v) is 3.19. The molecule has 1 rings (SSSR count). The summed E-state index contributed by atoms with van der Waals surface area (Å²) >= 11 is 0. The maximum Gasteiger partial charge on any atom is 0.0233 e. The van der Waals surface area contributed by atoms with Crippen molar-refractivity contribution in [3.05, 3.63) is 0 Å². The van der Waals surface area contributed by atoms with E-state index in [-0.39, 0.29) is 0 Å². The maximum absolute atomic E-state index is 7.25. The Hall–Kier alpha value is 0. The molecule has 1 saturated carbocycles. The van der Waals surface area contributed by atoms with E-state index in [0.29, 0.717) is 38.5 Å². The molecular weight excluding hydrogens is 96.1 g/mol. The summed E-state index contributed by atoms with van der Waals surface area (Å²) in [6, 6.07) is 0. The minimum absolute atomic E-state index is 0.419. The van der Waals surface area contributed by atoms with Crippen molar-refractivity contribution >= 4 is 0 Å². The van der Waals surface area contributed by atoms with Gasteiger partial charge in [-0.05, 0) is 30.6 Å². The lowest BCUT2D eigenvalue weighted by molar-refractivity contribution is 0.457. The summed E-state index contributed by atoms with van der Waals surface area (Å²) in [5.74, 6) is 1.33. The molecule has 0 nitrogen and oxygen atoms in total. The first-order valence-electron chi connectivity index (χ1n) is 5.31.